The molecule has 140 valence electrons. The molecule has 0 radical (unpaired) electrons. The molecular formula is C17H23FN6O2. The topological polar surface area (TPSA) is 87.1 Å². The predicted molar refractivity (Wildman–Crippen MR) is 94.4 cm³/mol. The highest BCUT2D eigenvalue weighted by Gasteiger charge is 2.23. The van der Waals surface area contributed by atoms with Gasteiger partial charge in [0.25, 0.3) is 5.56 Å². The van der Waals surface area contributed by atoms with E-state index >= 15 is 0 Å². The van der Waals surface area contributed by atoms with E-state index in [2.05, 4.69) is 15.1 Å². The molecule has 1 aliphatic heterocycles. The Morgan fingerprint density at radius 2 is 1.88 bits per heavy atom. The lowest BCUT2D eigenvalue weighted by atomic mass is 10.2. The number of hydrogen-bond donors (Lipinski definition) is 1. The van der Waals surface area contributed by atoms with Crippen LogP contribution in [0.15, 0.2) is 23.3 Å². The Balaban J connectivity index is 1.55. The summed E-state index contributed by atoms with van der Waals surface area (Å²) < 4.78 is 14.4. The quantitative estimate of drug-likeness (QED) is 0.844. The van der Waals surface area contributed by atoms with Crippen molar-refractivity contribution in [1.29, 1.82) is 0 Å². The van der Waals surface area contributed by atoms with Gasteiger partial charge < -0.3 is 9.80 Å². The number of H-pyrrole nitrogens is 1. The summed E-state index contributed by atoms with van der Waals surface area (Å²) in [6, 6.07) is 1.49. The molecule has 1 saturated heterocycles. The molecule has 3 heterocycles. The number of carbonyl (C=O) groups excluding carboxylic acids is 1. The fraction of sp³-hybridized carbons (Fsp3) is 0.529. The second-order valence-electron chi connectivity index (χ2n) is 6.87. The zero-order valence-corrected chi connectivity index (χ0v) is 15.0. The van der Waals surface area contributed by atoms with E-state index in [1.165, 1.54) is 10.7 Å². The van der Waals surface area contributed by atoms with E-state index in [9.17, 15) is 14.0 Å². The minimum Gasteiger partial charge on any atom is -0.339 e. The van der Waals surface area contributed by atoms with Crippen LogP contribution in [0.3, 0.4) is 0 Å². The zero-order valence-electron chi connectivity index (χ0n) is 15.0. The van der Waals surface area contributed by atoms with Crippen molar-refractivity contribution in [2.45, 2.75) is 26.8 Å². The van der Waals surface area contributed by atoms with E-state index in [1.807, 2.05) is 18.7 Å². The van der Waals surface area contributed by atoms with Crippen LogP contribution in [0.2, 0.25) is 0 Å². The van der Waals surface area contributed by atoms with E-state index in [0.717, 1.165) is 12.4 Å². The van der Waals surface area contributed by atoms with Crippen LogP contribution in [0.5, 0.6) is 0 Å². The van der Waals surface area contributed by atoms with Crippen LogP contribution in [0.1, 0.15) is 19.5 Å². The van der Waals surface area contributed by atoms with Crippen molar-refractivity contribution in [2.24, 2.45) is 5.92 Å². The highest BCUT2D eigenvalue weighted by atomic mass is 19.1. The number of nitrogens with zero attached hydrogens (tertiary/aromatic N) is 5. The van der Waals surface area contributed by atoms with Gasteiger partial charge in [-0.1, -0.05) is 13.8 Å². The number of halogens is 1. The van der Waals surface area contributed by atoms with E-state index in [-0.39, 0.29) is 17.9 Å². The third-order valence-electron chi connectivity index (χ3n) is 4.25. The second-order valence-corrected chi connectivity index (χ2v) is 6.87. The van der Waals surface area contributed by atoms with Crippen LogP contribution in [0, 0.1) is 11.7 Å². The van der Waals surface area contributed by atoms with Gasteiger partial charge in [0.1, 0.15) is 0 Å². The Morgan fingerprint density at radius 3 is 2.50 bits per heavy atom. The molecule has 1 aliphatic rings. The molecule has 0 aromatic carbocycles. The molecule has 8 nitrogen and oxygen atoms in total. The molecule has 0 atom stereocenters. The molecule has 0 bridgehead atoms. The number of aromatic amines is 1. The third-order valence-corrected chi connectivity index (χ3v) is 4.25. The van der Waals surface area contributed by atoms with E-state index in [1.54, 1.807) is 4.90 Å². The first-order chi connectivity index (χ1) is 12.4. The van der Waals surface area contributed by atoms with Gasteiger partial charge in [-0.15, -0.1) is 0 Å². The number of anilines is 1. The van der Waals surface area contributed by atoms with E-state index < -0.39 is 5.82 Å². The highest BCUT2D eigenvalue weighted by Crippen LogP contribution is 2.11. The molecule has 0 unspecified atom stereocenters. The minimum atomic E-state index is -0.471. The lowest BCUT2D eigenvalue weighted by Crippen LogP contribution is -2.49. The maximum absolute atomic E-state index is 12.9. The Bertz CT molecular complexity index is 805. The molecule has 26 heavy (non-hydrogen) atoms. The molecule has 0 aliphatic carbocycles. The first-order valence-electron chi connectivity index (χ1n) is 8.71. The van der Waals surface area contributed by atoms with E-state index in [0.29, 0.717) is 50.3 Å². The smallest absolute Gasteiger partial charge is 0.266 e. The Labute approximate surface area is 150 Å². The molecule has 1 amide bonds. The van der Waals surface area contributed by atoms with Gasteiger partial charge in [-0.2, -0.15) is 0 Å². The number of nitrogens with one attached hydrogen (secondary N) is 1. The summed E-state index contributed by atoms with van der Waals surface area (Å²) in [6.07, 6.45) is 2.45. The summed E-state index contributed by atoms with van der Waals surface area (Å²) in [6.45, 7) is 6.91. The summed E-state index contributed by atoms with van der Waals surface area (Å²) in [7, 11) is 0. The monoisotopic (exact) mass is 362 g/mol. The molecule has 2 aromatic rings. The first kappa shape index (κ1) is 18.1. The molecule has 3 rings (SSSR count). The average Bonchev–Trinajstić information content (AvgIpc) is 2.94. The summed E-state index contributed by atoms with van der Waals surface area (Å²) >= 11 is 0. The van der Waals surface area contributed by atoms with Gasteiger partial charge in [-0.25, -0.2) is 14.4 Å². The van der Waals surface area contributed by atoms with Crippen molar-refractivity contribution in [1.82, 2.24) is 24.6 Å². The van der Waals surface area contributed by atoms with Crippen LogP contribution in [0.4, 0.5) is 10.3 Å². The molecule has 9 heteroatoms. The Hall–Kier alpha value is -2.71. The summed E-state index contributed by atoms with van der Waals surface area (Å²) in [5.41, 5.74) is 0.518. The number of piperazine rings is 1. The Kier molecular flexibility index (Phi) is 5.34. The van der Waals surface area contributed by atoms with Crippen molar-refractivity contribution in [3.05, 3.63) is 40.3 Å². The zero-order chi connectivity index (χ0) is 18.7. The van der Waals surface area contributed by atoms with Crippen molar-refractivity contribution >= 4 is 11.9 Å². The van der Waals surface area contributed by atoms with Gasteiger partial charge in [-0.3, -0.25) is 19.4 Å². The lowest BCUT2D eigenvalue weighted by Gasteiger charge is -2.34. The van der Waals surface area contributed by atoms with Crippen molar-refractivity contribution < 1.29 is 9.18 Å². The first-order valence-corrected chi connectivity index (χ1v) is 8.71. The van der Waals surface area contributed by atoms with Gasteiger partial charge in [-0.05, 0) is 5.92 Å². The molecule has 2 aromatic heterocycles. The van der Waals surface area contributed by atoms with Gasteiger partial charge in [0.15, 0.2) is 5.82 Å². The average molecular weight is 362 g/mol. The standard InChI is InChI=1S/C17H23FN6O2/c1-12(2)11-24-16(26)8-14(21-24)7-15(25)22-3-5-23(6-4-22)17-19-9-13(18)10-20-17/h8-10,12,21H,3-7,11H2,1-2H3. The van der Waals surface area contributed by atoms with Crippen LogP contribution in [-0.2, 0) is 17.8 Å². The van der Waals surface area contributed by atoms with Crippen LogP contribution in [-0.4, -0.2) is 56.7 Å². The third kappa shape index (κ3) is 4.27. The largest absolute Gasteiger partial charge is 0.339 e. The maximum atomic E-state index is 12.9. The molecule has 1 N–H and O–H groups in total. The predicted octanol–water partition coefficient (Wildman–Crippen LogP) is 0.653. The summed E-state index contributed by atoms with van der Waals surface area (Å²) in [5.74, 6) is 0.314. The molecule has 1 fully saturated rings. The number of amides is 1. The normalized spacial score (nSPS) is 14.9. The van der Waals surface area contributed by atoms with Crippen LogP contribution >= 0.6 is 0 Å². The molecular weight excluding hydrogens is 339 g/mol. The fourth-order valence-corrected chi connectivity index (χ4v) is 2.98. The summed E-state index contributed by atoms with van der Waals surface area (Å²) in [5, 5.41) is 3.01. The maximum Gasteiger partial charge on any atom is 0.266 e. The van der Waals surface area contributed by atoms with Gasteiger partial charge in [0.2, 0.25) is 11.9 Å². The van der Waals surface area contributed by atoms with Crippen molar-refractivity contribution in [2.75, 3.05) is 31.1 Å². The van der Waals surface area contributed by atoms with Crippen molar-refractivity contribution in [3.8, 4) is 0 Å². The van der Waals surface area contributed by atoms with E-state index in [4.69, 9.17) is 0 Å². The summed E-state index contributed by atoms with van der Waals surface area (Å²) in [4.78, 5) is 36.0. The SMILES string of the molecule is CC(C)Cn1[nH]c(CC(=O)N2CCN(c3ncc(F)cn3)CC2)cc1=O. The van der Waals surface area contributed by atoms with Gasteiger partial charge >= 0.3 is 0 Å². The number of carbonyl (C=O) groups is 1. The van der Waals surface area contributed by atoms with Crippen LogP contribution < -0.4 is 10.5 Å². The van der Waals surface area contributed by atoms with Gasteiger partial charge in [0, 0.05) is 44.5 Å². The van der Waals surface area contributed by atoms with Gasteiger partial charge in [0.05, 0.1) is 18.8 Å². The lowest BCUT2D eigenvalue weighted by molar-refractivity contribution is -0.130. The number of rotatable bonds is 5. The number of hydrogen-bond acceptors (Lipinski definition) is 5. The second kappa shape index (κ2) is 7.67. The van der Waals surface area contributed by atoms with Crippen molar-refractivity contribution in [3.63, 3.8) is 0 Å². The minimum absolute atomic E-state index is 0.0254. The van der Waals surface area contributed by atoms with Crippen LogP contribution in [0.25, 0.3) is 0 Å². The fourth-order valence-electron chi connectivity index (χ4n) is 2.98. The number of aromatic nitrogens is 4. The molecule has 0 saturated carbocycles. The highest BCUT2D eigenvalue weighted by molar-refractivity contribution is 5.78. The molecule has 0 spiro atoms. The Morgan fingerprint density at radius 1 is 1.23 bits per heavy atom.